The number of rotatable bonds is 3. The fourth-order valence-electron chi connectivity index (χ4n) is 2.21. The van der Waals surface area contributed by atoms with E-state index in [1.54, 1.807) is 19.0 Å². The van der Waals surface area contributed by atoms with E-state index in [2.05, 4.69) is 0 Å². The number of nitrogens with two attached hydrogens (primary N) is 1. The van der Waals surface area contributed by atoms with Crippen molar-refractivity contribution < 1.29 is 4.79 Å². The number of nitrogens with zero attached hydrogens (tertiary/aromatic N) is 1. The lowest BCUT2D eigenvalue weighted by Crippen LogP contribution is -2.41. The lowest BCUT2D eigenvalue weighted by Gasteiger charge is -2.25. The maximum Gasteiger partial charge on any atom is 0.238 e. The minimum atomic E-state index is -0.284. The minimum Gasteiger partial charge on any atom is -0.347 e. The molecule has 0 saturated heterocycles. The third kappa shape index (κ3) is 3.29. The van der Waals surface area contributed by atoms with Gasteiger partial charge in [-0.05, 0) is 12.3 Å². The molecular weight excluding hydrogens is 176 g/mol. The van der Waals surface area contributed by atoms with Gasteiger partial charge in [0.25, 0.3) is 0 Å². The molecule has 1 aliphatic rings. The number of carbonyl (C=O) groups is 1. The molecule has 0 aromatic rings. The zero-order chi connectivity index (χ0) is 10.6. The predicted octanol–water partition coefficient (Wildman–Crippen LogP) is 1.37. The van der Waals surface area contributed by atoms with Crippen LogP contribution >= 0.6 is 0 Å². The first kappa shape index (κ1) is 11.5. The Kier molecular flexibility index (Phi) is 4.39. The van der Waals surface area contributed by atoms with E-state index in [1.165, 1.54) is 32.1 Å². The van der Waals surface area contributed by atoms with Crippen molar-refractivity contribution >= 4 is 5.91 Å². The SMILES string of the molecule is CN(C)C(=O)C(N)CC1CCCCC1. The molecule has 0 spiro atoms. The van der Waals surface area contributed by atoms with Gasteiger partial charge in [0.15, 0.2) is 0 Å². The number of likely N-dealkylation sites (N-methyl/N-ethyl adjacent to an activating group) is 1. The minimum absolute atomic E-state index is 0.0653. The van der Waals surface area contributed by atoms with E-state index in [9.17, 15) is 4.79 Å². The Labute approximate surface area is 86.6 Å². The number of hydrogen-bond acceptors (Lipinski definition) is 2. The van der Waals surface area contributed by atoms with Gasteiger partial charge in [-0.3, -0.25) is 4.79 Å². The van der Waals surface area contributed by atoms with Crippen LogP contribution in [-0.2, 0) is 4.79 Å². The molecule has 1 unspecified atom stereocenters. The standard InChI is InChI=1S/C11H22N2O/c1-13(2)11(14)10(12)8-9-6-4-3-5-7-9/h9-10H,3-8,12H2,1-2H3. The average Bonchev–Trinajstić information content (AvgIpc) is 2.18. The highest BCUT2D eigenvalue weighted by atomic mass is 16.2. The van der Waals surface area contributed by atoms with Crippen molar-refractivity contribution in [3.8, 4) is 0 Å². The molecule has 3 nitrogen and oxygen atoms in total. The van der Waals surface area contributed by atoms with Crippen LogP contribution in [0.2, 0.25) is 0 Å². The Morgan fingerprint density at radius 1 is 1.36 bits per heavy atom. The van der Waals surface area contributed by atoms with Gasteiger partial charge in [0.1, 0.15) is 0 Å². The number of amides is 1. The smallest absolute Gasteiger partial charge is 0.238 e. The van der Waals surface area contributed by atoms with Crippen LogP contribution in [-0.4, -0.2) is 30.9 Å². The molecule has 82 valence electrons. The van der Waals surface area contributed by atoms with E-state index < -0.39 is 0 Å². The molecule has 3 heteroatoms. The summed E-state index contributed by atoms with van der Waals surface area (Å²) < 4.78 is 0. The van der Waals surface area contributed by atoms with E-state index in [1.807, 2.05) is 0 Å². The molecule has 0 aromatic heterocycles. The van der Waals surface area contributed by atoms with Gasteiger partial charge in [-0.25, -0.2) is 0 Å². The first-order chi connectivity index (χ1) is 6.61. The van der Waals surface area contributed by atoms with E-state index in [0.29, 0.717) is 5.92 Å². The Morgan fingerprint density at radius 2 is 1.93 bits per heavy atom. The quantitative estimate of drug-likeness (QED) is 0.744. The molecular formula is C11H22N2O. The number of hydrogen-bond donors (Lipinski definition) is 1. The normalized spacial score (nSPS) is 20.5. The van der Waals surface area contributed by atoms with Gasteiger partial charge in [-0.1, -0.05) is 32.1 Å². The van der Waals surface area contributed by atoms with Crippen LogP contribution in [0.25, 0.3) is 0 Å². The predicted molar refractivity (Wildman–Crippen MR) is 57.9 cm³/mol. The molecule has 1 aliphatic carbocycles. The first-order valence-electron chi connectivity index (χ1n) is 5.58. The summed E-state index contributed by atoms with van der Waals surface area (Å²) in [6, 6.07) is -0.284. The fourth-order valence-corrected chi connectivity index (χ4v) is 2.21. The maximum absolute atomic E-state index is 11.5. The van der Waals surface area contributed by atoms with Crippen LogP contribution in [0.5, 0.6) is 0 Å². The van der Waals surface area contributed by atoms with Crippen LogP contribution in [0.15, 0.2) is 0 Å². The molecule has 0 radical (unpaired) electrons. The zero-order valence-corrected chi connectivity index (χ0v) is 9.33. The van der Waals surface area contributed by atoms with Gasteiger partial charge in [0, 0.05) is 14.1 Å². The summed E-state index contributed by atoms with van der Waals surface area (Å²) in [5.41, 5.74) is 5.86. The van der Waals surface area contributed by atoms with Crippen molar-refractivity contribution in [2.75, 3.05) is 14.1 Å². The molecule has 0 aromatic carbocycles. The largest absolute Gasteiger partial charge is 0.347 e. The second kappa shape index (κ2) is 5.35. The summed E-state index contributed by atoms with van der Waals surface area (Å²) in [7, 11) is 3.53. The second-order valence-corrected chi connectivity index (χ2v) is 4.58. The molecule has 2 N–H and O–H groups in total. The third-order valence-corrected chi connectivity index (χ3v) is 3.07. The highest BCUT2D eigenvalue weighted by Crippen LogP contribution is 2.27. The molecule has 1 atom stereocenters. The summed E-state index contributed by atoms with van der Waals surface area (Å²) >= 11 is 0. The Morgan fingerprint density at radius 3 is 2.43 bits per heavy atom. The van der Waals surface area contributed by atoms with Gasteiger partial charge in [0.05, 0.1) is 6.04 Å². The van der Waals surface area contributed by atoms with Gasteiger partial charge in [-0.15, -0.1) is 0 Å². The summed E-state index contributed by atoms with van der Waals surface area (Å²) in [5.74, 6) is 0.748. The second-order valence-electron chi connectivity index (χ2n) is 4.58. The van der Waals surface area contributed by atoms with Crippen molar-refractivity contribution in [1.82, 2.24) is 4.90 Å². The van der Waals surface area contributed by atoms with Gasteiger partial charge in [-0.2, -0.15) is 0 Å². The first-order valence-corrected chi connectivity index (χ1v) is 5.58. The lowest BCUT2D eigenvalue weighted by molar-refractivity contribution is -0.130. The van der Waals surface area contributed by atoms with Crippen molar-refractivity contribution in [2.24, 2.45) is 11.7 Å². The highest BCUT2D eigenvalue weighted by Gasteiger charge is 2.21. The molecule has 1 saturated carbocycles. The molecule has 1 amide bonds. The molecule has 14 heavy (non-hydrogen) atoms. The van der Waals surface area contributed by atoms with Crippen molar-refractivity contribution in [3.63, 3.8) is 0 Å². The van der Waals surface area contributed by atoms with Gasteiger partial charge in [0.2, 0.25) is 5.91 Å². The van der Waals surface area contributed by atoms with Crippen molar-refractivity contribution in [1.29, 1.82) is 0 Å². The van der Waals surface area contributed by atoms with Crippen LogP contribution in [0.3, 0.4) is 0 Å². The van der Waals surface area contributed by atoms with E-state index in [-0.39, 0.29) is 11.9 Å². The van der Waals surface area contributed by atoms with Gasteiger partial charge >= 0.3 is 0 Å². The Balaban J connectivity index is 2.31. The average molecular weight is 198 g/mol. The monoisotopic (exact) mass is 198 g/mol. The molecule has 0 bridgehead atoms. The zero-order valence-electron chi connectivity index (χ0n) is 9.33. The van der Waals surface area contributed by atoms with E-state index in [0.717, 1.165) is 6.42 Å². The molecule has 1 rings (SSSR count). The maximum atomic E-state index is 11.5. The van der Waals surface area contributed by atoms with Crippen LogP contribution in [0.1, 0.15) is 38.5 Å². The highest BCUT2D eigenvalue weighted by molar-refractivity contribution is 5.81. The van der Waals surface area contributed by atoms with Crippen molar-refractivity contribution in [2.45, 2.75) is 44.6 Å². The van der Waals surface area contributed by atoms with Crippen LogP contribution in [0, 0.1) is 5.92 Å². The summed E-state index contributed by atoms with van der Waals surface area (Å²) in [5, 5.41) is 0. The Hall–Kier alpha value is -0.570. The Bertz CT molecular complexity index is 186. The van der Waals surface area contributed by atoms with E-state index in [4.69, 9.17) is 5.73 Å². The summed E-state index contributed by atoms with van der Waals surface area (Å²) in [4.78, 5) is 13.1. The summed E-state index contributed by atoms with van der Waals surface area (Å²) in [6.45, 7) is 0. The number of carbonyl (C=O) groups excluding carboxylic acids is 1. The fraction of sp³-hybridized carbons (Fsp3) is 0.909. The van der Waals surface area contributed by atoms with Crippen LogP contribution in [0.4, 0.5) is 0 Å². The molecule has 0 aliphatic heterocycles. The lowest BCUT2D eigenvalue weighted by atomic mass is 9.85. The van der Waals surface area contributed by atoms with Crippen LogP contribution < -0.4 is 5.73 Å². The van der Waals surface area contributed by atoms with Crippen molar-refractivity contribution in [3.05, 3.63) is 0 Å². The molecule has 0 heterocycles. The van der Waals surface area contributed by atoms with Gasteiger partial charge < -0.3 is 10.6 Å². The topological polar surface area (TPSA) is 46.3 Å². The summed E-state index contributed by atoms with van der Waals surface area (Å²) in [6.07, 6.45) is 7.37. The van der Waals surface area contributed by atoms with E-state index >= 15 is 0 Å². The third-order valence-electron chi connectivity index (χ3n) is 3.07. The molecule has 1 fully saturated rings.